The molecule has 1 aliphatic rings. The van der Waals surface area contributed by atoms with Gasteiger partial charge in [-0.25, -0.2) is 0 Å². The van der Waals surface area contributed by atoms with Crippen molar-refractivity contribution >= 4 is 12.2 Å². The number of carbonyl (C=O) groups excluding carboxylic acids is 2. The van der Waals surface area contributed by atoms with E-state index in [1.807, 2.05) is 4.90 Å². The van der Waals surface area contributed by atoms with Crippen molar-refractivity contribution in [3.8, 4) is 11.3 Å². The highest BCUT2D eigenvalue weighted by Gasteiger charge is 2.42. The minimum absolute atomic E-state index is 0.00292. The zero-order valence-corrected chi connectivity index (χ0v) is 19.8. The summed E-state index contributed by atoms with van der Waals surface area (Å²) in [5.41, 5.74) is -1.62. The summed E-state index contributed by atoms with van der Waals surface area (Å²) in [7, 11) is 0. The number of piperidine rings is 1. The van der Waals surface area contributed by atoms with Crippen LogP contribution in [0.5, 0.6) is 0 Å². The molecule has 1 amide bonds. The van der Waals surface area contributed by atoms with E-state index >= 15 is 0 Å². The standard InChI is InChI=1S/C25H27F6N3O2/c1-15-10-18(12-21(32-15)19-11-17(14-35)6-7-20(19)25(29,30)31)23(36)33-22(16(2)24(26,27)28)13-34-8-4-3-5-9-34/h6-7,10-12,14,16,22H,3-5,8-9,13H2,1-2H3,(H,33,36)/t16?,22-/m0/s1. The summed E-state index contributed by atoms with van der Waals surface area (Å²) in [5, 5.41) is 2.45. The van der Waals surface area contributed by atoms with Crippen LogP contribution >= 0.6 is 0 Å². The Hall–Kier alpha value is -2.95. The van der Waals surface area contributed by atoms with Gasteiger partial charge in [0.05, 0.1) is 23.2 Å². The lowest BCUT2D eigenvalue weighted by Gasteiger charge is -2.34. The van der Waals surface area contributed by atoms with Crippen molar-refractivity contribution in [3.63, 3.8) is 0 Å². The second-order valence-electron chi connectivity index (χ2n) is 9.07. The van der Waals surface area contributed by atoms with Gasteiger partial charge in [0.1, 0.15) is 6.29 Å². The summed E-state index contributed by atoms with van der Waals surface area (Å²) in [4.78, 5) is 30.2. The number of likely N-dealkylation sites (tertiary alicyclic amines) is 1. The molecule has 2 heterocycles. The predicted molar refractivity (Wildman–Crippen MR) is 122 cm³/mol. The zero-order valence-electron chi connectivity index (χ0n) is 19.8. The molecule has 2 aromatic rings. The average Bonchev–Trinajstić information content (AvgIpc) is 2.81. The quantitative estimate of drug-likeness (QED) is 0.381. The van der Waals surface area contributed by atoms with Crippen molar-refractivity contribution in [2.45, 2.75) is 51.5 Å². The van der Waals surface area contributed by atoms with Crippen LogP contribution in [0, 0.1) is 12.8 Å². The molecule has 196 valence electrons. The molecular weight excluding hydrogens is 488 g/mol. The number of hydrogen-bond donors (Lipinski definition) is 1. The molecule has 3 rings (SSSR count). The topological polar surface area (TPSA) is 62.3 Å². The number of rotatable bonds is 7. The Labute approximate surface area is 204 Å². The van der Waals surface area contributed by atoms with Crippen molar-refractivity contribution in [3.05, 3.63) is 52.7 Å². The lowest BCUT2D eigenvalue weighted by Crippen LogP contribution is -2.51. The highest BCUT2D eigenvalue weighted by atomic mass is 19.4. The number of carbonyl (C=O) groups is 2. The third kappa shape index (κ3) is 6.83. The summed E-state index contributed by atoms with van der Waals surface area (Å²) >= 11 is 0. The van der Waals surface area contributed by atoms with E-state index in [4.69, 9.17) is 0 Å². The van der Waals surface area contributed by atoms with Gasteiger partial charge in [-0.3, -0.25) is 14.6 Å². The number of alkyl halides is 6. The fraction of sp³-hybridized carbons (Fsp3) is 0.480. The molecule has 0 spiro atoms. The van der Waals surface area contributed by atoms with Gasteiger partial charge in [0, 0.05) is 28.9 Å². The number of hydrogen-bond acceptors (Lipinski definition) is 4. The van der Waals surface area contributed by atoms with E-state index in [9.17, 15) is 35.9 Å². The molecule has 1 aromatic heterocycles. The average molecular weight is 515 g/mol. The molecule has 0 radical (unpaired) electrons. The van der Waals surface area contributed by atoms with Gasteiger partial charge in [0.2, 0.25) is 0 Å². The van der Waals surface area contributed by atoms with Gasteiger partial charge in [-0.2, -0.15) is 26.3 Å². The van der Waals surface area contributed by atoms with Crippen molar-refractivity contribution in [1.82, 2.24) is 15.2 Å². The Morgan fingerprint density at radius 1 is 1.08 bits per heavy atom. The number of nitrogens with zero attached hydrogens (tertiary/aromatic N) is 2. The lowest BCUT2D eigenvalue weighted by molar-refractivity contribution is -0.177. The number of amides is 1. The fourth-order valence-corrected chi connectivity index (χ4v) is 4.26. The Kier molecular flexibility index (Phi) is 8.43. The van der Waals surface area contributed by atoms with Crippen LogP contribution in [0.2, 0.25) is 0 Å². The minimum Gasteiger partial charge on any atom is -0.347 e. The molecular formula is C25H27F6N3O2. The van der Waals surface area contributed by atoms with Gasteiger partial charge in [0.15, 0.2) is 0 Å². The zero-order chi connectivity index (χ0) is 26.7. The first-order valence-electron chi connectivity index (χ1n) is 11.5. The maximum Gasteiger partial charge on any atom is 0.417 e. The molecule has 0 saturated carbocycles. The molecule has 1 saturated heterocycles. The van der Waals surface area contributed by atoms with Crippen LogP contribution in [0.25, 0.3) is 11.3 Å². The van der Waals surface area contributed by atoms with Crippen LogP contribution < -0.4 is 5.32 Å². The maximum absolute atomic E-state index is 13.6. The lowest BCUT2D eigenvalue weighted by atomic mass is 9.97. The van der Waals surface area contributed by atoms with Crippen LogP contribution in [0.15, 0.2) is 30.3 Å². The van der Waals surface area contributed by atoms with Crippen LogP contribution in [-0.2, 0) is 6.18 Å². The summed E-state index contributed by atoms with van der Waals surface area (Å²) in [5.74, 6) is -2.69. The van der Waals surface area contributed by atoms with Crippen LogP contribution in [0.4, 0.5) is 26.3 Å². The van der Waals surface area contributed by atoms with Crippen molar-refractivity contribution in [1.29, 1.82) is 0 Å². The van der Waals surface area contributed by atoms with Gasteiger partial charge in [-0.05, 0) is 57.1 Å². The molecule has 36 heavy (non-hydrogen) atoms. The third-order valence-corrected chi connectivity index (χ3v) is 6.32. The number of aryl methyl sites for hydroxylation is 1. The molecule has 0 bridgehead atoms. The van der Waals surface area contributed by atoms with Crippen LogP contribution in [0.3, 0.4) is 0 Å². The second-order valence-corrected chi connectivity index (χ2v) is 9.07. The van der Waals surface area contributed by atoms with E-state index in [-0.39, 0.29) is 29.1 Å². The summed E-state index contributed by atoms with van der Waals surface area (Å²) < 4.78 is 81.6. The Morgan fingerprint density at radius 3 is 2.33 bits per heavy atom. The largest absolute Gasteiger partial charge is 0.417 e. The van der Waals surface area contributed by atoms with Gasteiger partial charge < -0.3 is 10.2 Å². The van der Waals surface area contributed by atoms with Gasteiger partial charge >= 0.3 is 12.4 Å². The van der Waals surface area contributed by atoms with E-state index < -0.39 is 41.3 Å². The van der Waals surface area contributed by atoms with E-state index in [0.29, 0.717) is 19.4 Å². The number of nitrogens with one attached hydrogen (secondary N) is 1. The second kappa shape index (κ2) is 11.0. The number of aromatic nitrogens is 1. The molecule has 11 heteroatoms. The normalized spacial score (nSPS) is 16.9. The van der Waals surface area contributed by atoms with E-state index in [0.717, 1.165) is 50.5 Å². The van der Waals surface area contributed by atoms with Crippen molar-refractivity contribution in [2.75, 3.05) is 19.6 Å². The minimum atomic E-state index is -4.76. The van der Waals surface area contributed by atoms with Gasteiger partial charge in [-0.1, -0.05) is 19.4 Å². The molecule has 0 aliphatic carbocycles. The Balaban J connectivity index is 1.96. The van der Waals surface area contributed by atoms with E-state index in [1.54, 1.807) is 0 Å². The van der Waals surface area contributed by atoms with E-state index in [1.165, 1.54) is 13.0 Å². The summed E-state index contributed by atoms with van der Waals surface area (Å²) in [6, 6.07) is 3.93. The Bertz CT molecular complexity index is 1090. The smallest absolute Gasteiger partial charge is 0.347 e. The Morgan fingerprint density at radius 2 is 1.75 bits per heavy atom. The fourth-order valence-electron chi connectivity index (χ4n) is 4.26. The first-order chi connectivity index (χ1) is 16.8. The summed E-state index contributed by atoms with van der Waals surface area (Å²) in [6.45, 7) is 3.72. The number of pyridine rings is 1. The highest BCUT2D eigenvalue weighted by molar-refractivity contribution is 5.95. The first-order valence-corrected chi connectivity index (χ1v) is 11.5. The van der Waals surface area contributed by atoms with E-state index in [2.05, 4.69) is 10.3 Å². The number of halogens is 6. The number of benzene rings is 1. The van der Waals surface area contributed by atoms with Crippen molar-refractivity contribution in [2.24, 2.45) is 5.92 Å². The maximum atomic E-state index is 13.6. The van der Waals surface area contributed by atoms with Crippen LogP contribution in [-0.4, -0.2) is 53.9 Å². The SMILES string of the molecule is Cc1cc(C(=O)N[C@@H](CN2CCCCC2)C(C)C(F)(F)F)cc(-c2cc(C=O)ccc2C(F)(F)F)n1. The van der Waals surface area contributed by atoms with Gasteiger partial charge in [-0.15, -0.1) is 0 Å². The van der Waals surface area contributed by atoms with Gasteiger partial charge in [0.25, 0.3) is 5.91 Å². The molecule has 5 nitrogen and oxygen atoms in total. The van der Waals surface area contributed by atoms with Crippen molar-refractivity contribution < 1.29 is 35.9 Å². The first kappa shape index (κ1) is 27.6. The number of aldehydes is 1. The molecule has 1 fully saturated rings. The molecule has 1 aliphatic heterocycles. The molecule has 1 N–H and O–H groups in total. The molecule has 1 aromatic carbocycles. The monoisotopic (exact) mass is 515 g/mol. The molecule has 1 unspecified atom stereocenters. The summed E-state index contributed by atoms with van der Waals surface area (Å²) in [6.07, 6.45) is -6.22. The molecule has 2 atom stereocenters. The highest BCUT2D eigenvalue weighted by Crippen LogP contribution is 2.37. The predicted octanol–water partition coefficient (Wildman–Crippen LogP) is 5.67. The van der Waals surface area contributed by atoms with Crippen LogP contribution in [0.1, 0.15) is 58.2 Å². The third-order valence-electron chi connectivity index (χ3n) is 6.32.